The number of thioether (sulfide) groups is 1. The Morgan fingerprint density at radius 3 is 1.61 bits per heavy atom. The fourth-order valence-corrected chi connectivity index (χ4v) is 21.1. The minimum absolute atomic E-state index is 0.00118. The van der Waals surface area contributed by atoms with Crippen LogP contribution in [-0.2, 0) is 68.6 Å². The number of β-amino-alcohol motifs (C(OH)–C–C–N with tert-alkyl or cyclic N) is 2. The molecule has 0 saturated carbocycles. The van der Waals surface area contributed by atoms with Crippen molar-refractivity contribution >= 4 is 116 Å². The van der Waals surface area contributed by atoms with Crippen LogP contribution in [0.1, 0.15) is 175 Å². The highest BCUT2D eigenvalue weighted by Gasteiger charge is 2.47. The number of thiazole rings is 2. The summed E-state index contributed by atoms with van der Waals surface area (Å²) in [5.41, 5.74) is 16.8. The van der Waals surface area contributed by atoms with Gasteiger partial charge in [0.05, 0.1) is 96.1 Å². The molecular weight excluding hydrogens is 1870 g/mol. The first-order chi connectivity index (χ1) is 67.4. The molecule has 1 aliphatic carbocycles. The quantitative estimate of drug-likeness (QED) is 0.0126. The number of aliphatic carboxylic acids is 1. The highest BCUT2D eigenvalue weighted by Crippen LogP contribution is 2.47. The standard InChI is InChI=1S/C78H100ClN9O9S2.C29H40N4O8S/c1-53-43-56(13-26-69(53)83-63(29-32-85-37-39-95-40-38-85)51-98-67-11-9-8-10-12-67)46-80-74(92)60-20-24-64(25-21-60)87-35-33-86(34-36-87)47-61-45-78(7,31-28-68(61)58-18-22-62(79)23-19-58)30-27-65(89)49-96-41-42-97-50-71(91)84-73(77(4,5)6)76(94)88-48-66(90)44-70(88)75(93)82-54(2)57-14-16-59(17-15-57)72-55(3)81-52-99-72;1-17(19-6-8-20(9-7-19)25-18(2)30-16-42-25)31-27(38)22-12-21(34)13-33(22)28(39)26(29(3,4)5)32-23(35)14-40-10-11-41-15-24(36)37/h8-26,43,52,54,63,66,70,73,83,90H,27-42,44-51H2,1-7H3,(H,80,92)(H,82,93)(H,84,91);6-9,16-17,21-22,26,34H,10-15H2,1-5H3,(H,31,38)(H,32,35)(H,36,37)/t54-,63+,66+,70-,73+,78?;17-,21+,22-,26+/m00/s1. The summed E-state index contributed by atoms with van der Waals surface area (Å²) < 4.78 is 27.1. The van der Waals surface area contributed by atoms with Crippen molar-refractivity contribution in [1.82, 2.24) is 56.2 Å². The highest BCUT2D eigenvalue weighted by molar-refractivity contribution is 7.99. The zero-order valence-corrected chi connectivity index (χ0v) is 86.4. The van der Waals surface area contributed by atoms with E-state index in [0.717, 1.165) is 169 Å². The van der Waals surface area contributed by atoms with Crippen molar-refractivity contribution in [2.45, 2.75) is 200 Å². The smallest absolute Gasteiger partial charge is 0.329 e. The van der Waals surface area contributed by atoms with Crippen LogP contribution < -0.4 is 36.8 Å². The molecule has 0 radical (unpaired) electrons. The van der Waals surface area contributed by atoms with Crippen LogP contribution in [-0.4, -0.2) is 278 Å². The van der Waals surface area contributed by atoms with E-state index in [-0.39, 0.29) is 113 Å². The largest absolute Gasteiger partial charge is 0.480 e. The van der Waals surface area contributed by atoms with E-state index >= 15 is 0 Å². The minimum Gasteiger partial charge on any atom is -0.480 e. The van der Waals surface area contributed by atoms with Crippen LogP contribution in [0.25, 0.3) is 26.5 Å². The molecule has 0 spiro atoms. The summed E-state index contributed by atoms with van der Waals surface area (Å²) in [5, 5.41) is 49.0. The topological polar surface area (TPSA) is 375 Å². The fraction of sp³-hybridized carbons (Fsp3) is 0.505. The molecule has 9 N–H and O–H groups in total. The first-order valence-electron chi connectivity index (χ1n) is 48.8. The van der Waals surface area contributed by atoms with Gasteiger partial charge in [0.15, 0.2) is 5.78 Å². The Labute approximate surface area is 845 Å². The number of aryl methyl sites for hydroxylation is 3. The number of aliphatic hydroxyl groups is 2. The van der Waals surface area contributed by atoms with Gasteiger partial charge in [-0.05, 0) is 182 Å². The van der Waals surface area contributed by atoms with Crippen LogP contribution in [0.2, 0.25) is 5.02 Å². The summed E-state index contributed by atoms with van der Waals surface area (Å²) in [4.78, 5) is 141. The van der Waals surface area contributed by atoms with Gasteiger partial charge in [0, 0.05) is 130 Å². The van der Waals surface area contributed by atoms with Gasteiger partial charge < -0.3 is 85.6 Å². The van der Waals surface area contributed by atoms with Gasteiger partial charge in [0.25, 0.3) is 5.91 Å². The molecule has 760 valence electrons. The summed E-state index contributed by atoms with van der Waals surface area (Å²) in [6.45, 7) is 31.1. The van der Waals surface area contributed by atoms with Crippen LogP contribution in [0.4, 0.5) is 11.4 Å². The Morgan fingerprint density at radius 1 is 0.603 bits per heavy atom. The normalized spacial score (nSPS) is 19.2. The summed E-state index contributed by atoms with van der Waals surface area (Å²) in [5.74, 6) is -3.03. The van der Waals surface area contributed by atoms with E-state index in [1.165, 1.54) is 31.4 Å². The number of carboxylic acid groups (broad SMARTS) is 1. The van der Waals surface area contributed by atoms with Crippen molar-refractivity contribution in [3.63, 3.8) is 0 Å². The summed E-state index contributed by atoms with van der Waals surface area (Å²) in [6, 6.07) is 44.6. The van der Waals surface area contributed by atoms with E-state index in [1.54, 1.807) is 49.0 Å². The Balaban J connectivity index is 0.000000353. The first-order valence-corrected chi connectivity index (χ1v) is 51.9. The molecule has 7 amide bonds. The molecule has 30 nitrogen and oxygen atoms in total. The monoisotopic (exact) mass is 2010 g/mol. The van der Waals surface area contributed by atoms with Crippen molar-refractivity contribution in [2.75, 3.05) is 147 Å². The van der Waals surface area contributed by atoms with Gasteiger partial charge >= 0.3 is 5.97 Å². The maximum absolute atomic E-state index is 14.2. The van der Waals surface area contributed by atoms with E-state index in [4.69, 9.17) is 40.4 Å². The number of morpholine rings is 1. The lowest BCUT2D eigenvalue weighted by Crippen LogP contribution is -2.58. The van der Waals surface area contributed by atoms with E-state index < -0.39 is 89.3 Å². The number of halogens is 1. The van der Waals surface area contributed by atoms with Crippen LogP contribution >= 0.6 is 46.0 Å². The van der Waals surface area contributed by atoms with Gasteiger partial charge in [-0.25, -0.2) is 14.8 Å². The second-order valence-corrected chi connectivity index (χ2v) is 43.1. The Bertz CT molecular complexity index is 5510. The van der Waals surface area contributed by atoms with Gasteiger partial charge in [-0.3, -0.25) is 48.2 Å². The number of carboxylic acids is 1. The predicted molar refractivity (Wildman–Crippen MR) is 552 cm³/mol. The third-order valence-electron chi connectivity index (χ3n) is 26.5. The van der Waals surface area contributed by atoms with Crippen molar-refractivity contribution in [2.24, 2.45) is 16.2 Å². The Hall–Kier alpha value is -10.4. The zero-order chi connectivity index (χ0) is 101. The van der Waals surface area contributed by atoms with Gasteiger partial charge in [-0.15, -0.1) is 34.4 Å². The van der Waals surface area contributed by atoms with Gasteiger partial charge in [-0.1, -0.05) is 157 Å². The molecule has 6 aromatic carbocycles. The van der Waals surface area contributed by atoms with Crippen LogP contribution in [0.3, 0.4) is 0 Å². The Morgan fingerprint density at radius 2 is 1.11 bits per heavy atom. The number of nitrogens with zero attached hydrogens (tertiary/aromatic N) is 7. The summed E-state index contributed by atoms with van der Waals surface area (Å²) >= 11 is 11.4. The average molecular weight is 2010 g/mol. The molecule has 6 heterocycles. The number of aromatic nitrogens is 2. The molecular formula is C107H140ClN13O17S3. The third kappa shape index (κ3) is 32.6. The second-order valence-electron chi connectivity index (χ2n) is 39.8. The average Bonchev–Trinajstić information content (AvgIpc) is 1.59. The van der Waals surface area contributed by atoms with Crippen LogP contribution in [0.15, 0.2) is 167 Å². The molecule has 8 aromatic rings. The number of piperazine rings is 1. The van der Waals surface area contributed by atoms with Gasteiger partial charge in [0.1, 0.15) is 50.6 Å². The molecule has 4 fully saturated rings. The number of anilines is 2. The third-order valence-corrected chi connectivity index (χ3v) is 29.9. The number of carbonyl (C=O) groups excluding carboxylic acids is 8. The van der Waals surface area contributed by atoms with E-state index in [1.807, 2.05) is 139 Å². The molecule has 34 heteroatoms. The number of Topliss-reactive ketones (excluding diaryl/α,β-unsaturated/α-hetero) is 1. The van der Waals surface area contributed by atoms with Crippen molar-refractivity contribution in [1.29, 1.82) is 0 Å². The minimum atomic E-state index is -1.11. The number of hydrogen-bond donors (Lipinski definition) is 9. The number of aliphatic hydroxyl groups excluding tert-OH is 2. The number of allylic oxidation sites excluding steroid dienone is 1. The Kier molecular flexibility index (Phi) is 40.5. The molecule has 141 heavy (non-hydrogen) atoms. The van der Waals surface area contributed by atoms with E-state index in [9.17, 15) is 53.4 Å². The SMILES string of the molecule is Cc1cc(CNC(=O)c2ccc(N3CCN(CC4=C(c5ccc(Cl)cc5)CCC(C)(CCC(=O)COCCOCC(=O)N[C@H](C(=O)N5C[C@H](O)C[C@H]5C(=O)N[C@@H](C)c5ccc(-c6scnc6C)cc5)C(C)(C)C)C4)CC3)cc2)ccc1N[C@H](CCN1CCOCC1)CSc1ccccc1.Cc1ncsc1-c1ccc([C@H](C)NC(=O)[C@@H]2C[C@@H](O)CN2C(=O)[C@@H](NC(=O)COCCOCC(=O)O)C(C)(C)C)cc1. The molecule has 10 atom stereocenters. The number of ether oxygens (including phenoxy) is 5. The zero-order valence-electron chi connectivity index (χ0n) is 83.2. The van der Waals surface area contributed by atoms with E-state index in [0.29, 0.717) is 23.6 Å². The van der Waals surface area contributed by atoms with Crippen molar-refractivity contribution in [3.05, 3.63) is 212 Å². The fourth-order valence-electron chi connectivity index (χ4n) is 18.4. The number of ketones is 1. The lowest BCUT2D eigenvalue weighted by Gasteiger charge is -2.41. The summed E-state index contributed by atoms with van der Waals surface area (Å²) in [7, 11) is 0. The molecule has 4 aliphatic heterocycles. The highest BCUT2D eigenvalue weighted by atomic mass is 35.5. The number of likely N-dealkylation sites (tertiary alicyclic amines) is 2. The molecule has 1 unspecified atom stereocenters. The summed E-state index contributed by atoms with van der Waals surface area (Å²) in [6.07, 6.45) is 3.20. The second kappa shape index (κ2) is 52.2. The predicted octanol–water partition coefficient (Wildman–Crippen LogP) is 13.7. The van der Waals surface area contributed by atoms with E-state index in [2.05, 4.69) is 143 Å². The number of nitrogens with one attached hydrogen (secondary N) is 6. The lowest BCUT2D eigenvalue weighted by molar-refractivity contribution is -0.145. The van der Waals surface area contributed by atoms with Gasteiger partial charge in [0.2, 0.25) is 35.4 Å². The lowest BCUT2D eigenvalue weighted by atomic mass is 9.69. The maximum Gasteiger partial charge on any atom is 0.329 e. The number of benzene rings is 6. The van der Waals surface area contributed by atoms with Crippen LogP contribution in [0.5, 0.6) is 0 Å². The molecule has 4 saturated heterocycles. The molecule has 5 aliphatic rings. The van der Waals surface area contributed by atoms with Gasteiger partial charge in [-0.2, -0.15) is 0 Å². The molecule has 2 aromatic heterocycles. The number of rotatable bonds is 44. The maximum atomic E-state index is 14.2. The van der Waals surface area contributed by atoms with Crippen LogP contribution in [0, 0.1) is 37.0 Å². The van der Waals surface area contributed by atoms with Crippen molar-refractivity contribution < 1.29 is 82.2 Å². The number of hydrogen-bond acceptors (Lipinski definition) is 25. The number of amides is 7. The molecule has 0 bridgehead atoms. The molecule has 13 rings (SSSR count). The van der Waals surface area contributed by atoms with Crippen molar-refractivity contribution in [3.8, 4) is 20.9 Å². The number of carbonyl (C=O) groups is 9. The first kappa shape index (κ1) is 109.